The number of rotatable bonds is 9. The number of aromatic amines is 1. The zero-order chi connectivity index (χ0) is 24.0. The van der Waals surface area contributed by atoms with Gasteiger partial charge in [0.1, 0.15) is 0 Å². The van der Waals surface area contributed by atoms with Gasteiger partial charge in [0.05, 0.1) is 43.0 Å². The normalized spacial score (nSPS) is 18.3. The van der Waals surface area contributed by atoms with Gasteiger partial charge in [0.25, 0.3) is 0 Å². The number of hydrogen-bond donors (Lipinski definition) is 2. The average molecular weight is 480 g/mol. The number of nitrogens with one attached hydrogen (secondary N) is 2. The standard InChI is InChI=1S/C27H37N5O3/c1-21-19-26(33)27-24(3-2-4-25(27)32(21)23-5-8-28-20-23)29-9-15-34-16-12-30-10-6-22(7-11-30)31-13-17-35-18-14-31/h2-5,8,19-20,22,28-29H,6-7,9-18H2,1H3. The van der Waals surface area contributed by atoms with Crippen LogP contribution in [0.15, 0.2) is 47.5 Å². The highest BCUT2D eigenvalue weighted by Crippen LogP contribution is 2.24. The summed E-state index contributed by atoms with van der Waals surface area (Å²) in [5.41, 5.74) is 3.72. The van der Waals surface area contributed by atoms with Crippen LogP contribution < -0.4 is 10.7 Å². The van der Waals surface area contributed by atoms with Gasteiger partial charge in [-0.2, -0.15) is 0 Å². The first kappa shape index (κ1) is 24.1. The van der Waals surface area contributed by atoms with Crippen LogP contribution in [-0.4, -0.2) is 91.1 Å². The number of fused-ring (bicyclic) bond motifs is 1. The molecule has 2 fully saturated rings. The Morgan fingerprint density at radius 2 is 1.94 bits per heavy atom. The number of aryl methyl sites for hydroxylation is 1. The van der Waals surface area contributed by atoms with E-state index in [1.54, 1.807) is 6.07 Å². The van der Waals surface area contributed by atoms with E-state index in [0.717, 1.165) is 75.1 Å². The molecule has 1 aromatic carbocycles. The fourth-order valence-corrected chi connectivity index (χ4v) is 5.45. The minimum atomic E-state index is 0.0359. The number of hydrogen-bond acceptors (Lipinski definition) is 6. The predicted molar refractivity (Wildman–Crippen MR) is 140 cm³/mol. The second-order valence-electron chi connectivity index (χ2n) is 9.51. The molecule has 0 saturated carbocycles. The van der Waals surface area contributed by atoms with Gasteiger partial charge in [0.2, 0.25) is 0 Å². The zero-order valence-electron chi connectivity index (χ0n) is 20.7. The Morgan fingerprint density at radius 1 is 1.11 bits per heavy atom. The van der Waals surface area contributed by atoms with Gasteiger partial charge in [-0.3, -0.25) is 9.69 Å². The number of morpholine rings is 1. The smallest absolute Gasteiger partial charge is 0.191 e. The quantitative estimate of drug-likeness (QED) is 0.460. The Hall–Kier alpha value is -2.65. The largest absolute Gasteiger partial charge is 0.382 e. The third-order valence-electron chi connectivity index (χ3n) is 7.30. The molecule has 2 aliphatic heterocycles. The second-order valence-corrected chi connectivity index (χ2v) is 9.51. The van der Waals surface area contributed by atoms with Crippen molar-refractivity contribution >= 4 is 16.6 Å². The van der Waals surface area contributed by atoms with Gasteiger partial charge in [0.15, 0.2) is 5.43 Å². The number of benzene rings is 1. The van der Waals surface area contributed by atoms with Gasteiger partial charge in [0, 0.05) is 62.1 Å². The Morgan fingerprint density at radius 3 is 2.71 bits per heavy atom. The molecule has 0 spiro atoms. The van der Waals surface area contributed by atoms with Crippen molar-refractivity contribution in [3.63, 3.8) is 0 Å². The van der Waals surface area contributed by atoms with Crippen LogP contribution in [0, 0.1) is 6.92 Å². The summed E-state index contributed by atoms with van der Waals surface area (Å²) >= 11 is 0. The van der Waals surface area contributed by atoms with Crippen molar-refractivity contribution < 1.29 is 9.47 Å². The number of piperidine rings is 1. The van der Waals surface area contributed by atoms with Crippen LogP contribution in [0.4, 0.5) is 5.69 Å². The van der Waals surface area contributed by atoms with E-state index in [-0.39, 0.29) is 5.43 Å². The van der Waals surface area contributed by atoms with Gasteiger partial charge in [-0.05, 0) is 51.1 Å². The Kier molecular flexibility index (Phi) is 7.83. The van der Waals surface area contributed by atoms with E-state index < -0.39 is 0 Å². The maximum Gasteiger partial charge on any atom is 0.191 e. The third kappa shape index (κ3) is 5.62. The van der Waals surface area contributed by atoms with Crippen LogP contribution in [0.5, 0.6) is 0 Å². The average Bonchev–Trinajstić information content (AvgIpc) is 3.41. The summed E-state index contributed by atoms with van der Waals surface area (Å²) < 4.78 is 13.5. The lowest BCUT2D eigenvalue weighted by atomic mass is 10.0. The van der Waals surface area contributed by atoms with Crippen molar-refractivity contribution in [3.8, 4) is 5.69 Å². The van der Waals surface area contributed by atoms with Crippen LogP contribution in [-0.2, 0) is 9.47 Å². The fourth-order valence-electron chi connectivity index (χ4n) is 5.45. The molecule has 8 heteroatoms. The molecule has 35 heavy (non-hydrogen) atoms. The number of ether oxygens (including phenoxy) is 2. The molecule has 0 unspecified atom stereocenters. The molecule has 8 nitrogen and oxygen atoms in total. The van der Waals surface area contributed by atoms with Gasteiger partial charge in [-0.25, -0.2) is 0 Å². The summed E-state index contributed by atoms with van der Waals surface area (Å²) in [7, 11) is 0. The summed E-state index contributed by atoms with van der Waals surface area (Å²) in [5, 5.41) is 4.14. The Bertz CT molecular complexity index is 1150. The molecule has 0 radical (unpaired) electrons. The summed E-state index contributed by atoms with van der Waals surface area (Å²) in [5.74, 6) is 0. The minimum absolute atomic E-state index is 0.0359. The van der Waals surface area contributed by atoms with Crippen LogP contribution in [0.3, 0.4) is 0 Å². The van der Waals surface area contributed by atoms with E-state index in [0.29, 0.717) is 24.6 Å². The van der Waals surface area contributed by atoms with Crippen molar-refractivity contribution in [2.24, 2.45) is 0 Å². The maximum absolute atomic E-state index is 12.9. The van der Waals surface area contributed by atoms with Crippen LogP contribution in [0.2, 0.25) is 0 Å². The molecule has 3 aromatic rings. The first-order chi connectivity index (χ1) is 17.2. The molecule has 2 N–H and O–H groups in total. The lowest BCUT2D eigenvalue weighted by Gasteiger charge is -2.40. The molecular formula is C27H37N5O3. The number of pyridine rings is 1. The zero-order valence-corrected chi connectivity index (χ0v) is 20.7. The van der Waals surface area contributed by atoms with Crippen LogP contribution in [0.1, 0.15) is 18.5 Å². The molecule has 2 aromatic heterocycles. The molecule has 4 heterocycles. The highest BCUT2D eigenvalue weighted by Gasteiger charge is 2.25. The van der Waals surface area contributed by atoms with Crippen molar-refractivity contribution in [2.45, 2.75) is 25.8 Å². The van der Waals surface area contributed by atoms with Gasteiger partial charge >= 0.3 is 0 Å². The second kappa shape index (κ2) is 11.4. The van der Waals surface area contributed by atoms with Crippen molar-refractivity contribution in [3.05, 3.63) is 58.6 Å². The predicted octanol–water partition coefficient (Wildman–Crippen LogP) is 2.85. The van der Waals surface area contributed by atoms with E-state index in [1.165, 1.54) is 12.8 Å². The highest BCUT2D eigenvalue weighted by atomic mass is 16.5. The van der Waals surface area contributed by atoms with Gasteiger partial charge < -0.3 is 29.2 Å². The summed E-state index contributed by atoms with van der Waals surface area (Å²) in [6.07, 6.45) is 6.31. The van der Waals surface area contributed by atoms with E-state index in [2.05, 4.69) is 24.7 Å². The number of likely N-dealkylation sites (tertiary alicyclic amines) is 1. The van der Waals surface area contributed by atoms with E-state index in [4.69, 9.17) is 9.47 Å². The summed E-state index contributed by atoms with van der Waals surface area (Å²) in [6.45, 7) is 11.2. The maximum atomic E-state index is 12.9. The summed E-state index contributed by atoms with van der Waals surface area (Å²) in [4.78, 5) is 21.1. The van der Waals surface area contributed by atoms with Crippen molar-refractivity contribution in [1.82, 2.24) is 19.4 Å². The molecular weight excluding hydrogens is 442 g/mol. The molecule has 5 rings (SSSR count). The SMILES string of the molecule is Cc1cc(=O)c2c(NCCOCCN3CCC(N4CCOCC4)CC3)cccc2n1-c1cc[nH]c1. The lowest BCUT2D eigenvalue weighted by Crippen LogP contribution is -2.49. The molecule has 0 amide bonds. The third-order valence-corrected chi connectivity index (χ3v) is 7.30. The number of anilines is 1. The van der Waals surface area contributed by atoms with Gasteiger partial charge in [-0.1, -0.05) is 6.07 Å². The van der Waals surface area contributed by atoms with Crippen molar-refractivity contribution in [2.75, 3.05) is 71.0 Å². The van der Waals surface area contributed by atoms with Crippen LogP contribution in [0.25, 0.3) is 16.6 Å². The molecule has 0 atom stereocenters. The molecule has 0 aliphatic carbocycles. The van der Waals surface area contributed by atoms with E-state index >= 15 is 0 Å². The Labute approximate surface area is 206 Å². The molecule has 188 valence electrons. The van der Waals surface area contributed by atoms with E-state index in [9.17, 15) is 4.79 Å². The van der Waals surface area contributed by atoms with Crippen LogP contribution >= 0.6 is 0 Å². The van der Waals surface area contributed by atoms with E-state index in [1.807, 2.05) is 43.6 Å². The molecule has 2 aliphatic rings. The number of aromatic nitrogens is 2. The molecule has 2 saturated heterocycles. The summed E-state index contributed by atoms with van der Waals surface area (Å²) in [6, 6.07) is 10.4. The first-order valence-corrected chi connectivity index (χ1v) is 12.8. The first-order valence-electron chi connectivity index (χ1n) is 12.8. The highest BCUT2D eigenvalue weighted by molar-refractivity contribution is 5.92. The fraction of sp³-hybridized carbons (Fsp3) is 0.519. The minimum Gasteiger partial charge on any atom is -0.382 e. The van der Waals surface area contributed by atoms with Gasteiger partial charge in [-0.15, -0.1) is 0 Å². The topological polar surface area (TPSA) is 74.8 Å². The monoisotopic (exact) mass is 479 g/mol. The van der Waals surface area contributed by atoms with Crippen molar-refractivity contribution in [1.29, 1.82) is 0 Å². The Balaban J connectivity index is 1.09. The number of nitrogens with zero attached hydrogens (tertiary/aromatic N) is 3. The molecule has 0 bridgehead atoms. The lowest BCUT2D eigenvalue weighted by molar-refractivity contribution is -0.00160. The number of H-pyrrole nitrogens is 1.